The third-order valence-corrected chi connectivity index (χ3v) is 4.22. The van der Waals surface area contributed by atoms with Crippen LogP contribution in [0.15, 0.2) is 48.7 Å². The first kappa shape index (κ1) is 22.1. The van der Waals surface area contributed by atoms with Gasteiger partial charge in [0, 0.05) is 23.4 Å². The van der Waals surface area contributed by atoms with Crippen molar-refractivity contribution in [2.75, 3.05) is 5.32 Å². The number of benzene rings is 2. The minimum Gasteiger partial charge on any atom is -0.457 e. The summed E-state index contributed by atoms with van der Waals surface area (Å²) in [7, 11) is 0. The molecule has 0 fully saturated rings. The van der Waals surface area contributed by atoms with E-state index >= 15 is 0 Å². The highest BCUT2D eigenvalue weighted by Gasteiger charge is 2.33. The molecule has 1 heterocycles. The topological polar surface area (TPSA) is 99.3 Å². The Bertz CT molecular complexity index is 1150. The number of nitro groups is 1. The van der Waals surface area contributed by atoms with E-state index in [1.54, 1.807) is 25.1 Å². The van der Waals surface area contributed by atoms with Gasteiger partial charge in [0.1, 0.15) is 18.0 Å². The summed E-state index contributed by atoms with van der Waals surface area (Å²) >= 11 is 5.90. The van der Waals surface area contributed by atoms with E-state index in [1.807, 2.05) is 0 Å². The Balaban J connectivity index is 1.79. The number of hydrogen-bond donors (Lipinski definition) is 1. The second-order valence-electron chi connectivity index (χ2n) is 6.43. The average Bonchev–Trinajstić information content (AvgIpc) is 3.12. The third kappa shape index (κ3) is 5.72. The van der Waals surface area contributed by atoms with E-state index in [0.29, 0.717) is 16.3 Å². The molecule has 1 amide bonds. The Morgan fingerprint density at radius 2 is 2.00 bits per heavy atom. The maximum Gasteiger partial charge on any atom is 0.435 e. The van der Waals surface area contributed by atoms with E-state index in [4.69, 9.17) is 16.3 Å². The predicted octanol–water partition coefficient (Wildman–Crippen LogP) is 5.20. The molecule has 0 spiro atoms. The van der Waals surface area contributed by atoms with Crippen molar-refractivity contribution in [3.05, 3.63) is 75.1 Å². The van der Waals surface area contributed by atoms with Crippen LogP contribution in [0.25, 0.3) is 0 Å². The van der Waals surface area contributed by atoms with E-state index in [0.717, 1.165) is 23.0 Å². The molecule has 0 unspecified atom stereocenters. The second-order valence-corrected chi connectivity index (χ2v) is 6.87. The first-order chi connectivity index (χ1) is 14.5. The number of non-ortho nitro benzene ring substituents is 1. The maximum atomic E-state index is 12.6. The molecule has 0 saturated heterocycles. The van der Waals surface area contributed by atoms with Gasteiger partial charge in [-0.1, -0.05) is 11.6 Å². The number of hydrogen-bond acceptors (Lipinski definition) is 5. The highest BCUT2D eigenvalue weighted by Crippen LogP contribution is 2.32. The highest BCUT2D eigenvalue weighted by molar-refractivity contribution is 6.30. The summed E-state index contributed by atoms with van der Waals surface area (Å²) in [4.78, 5) is 22.8. The fourth-order valence-electron chi connectivity index (χ4n) is 2.62. The van der Waals surface area contributed by atoms with Gasteiger partial charge in [-0.25, -0.2) is 0 Å². The number of halogens is 4. The van der Waals surface area contributed by atoms with Gasteiger partial charge >= 0.3 is 6.18 Å². The van der Waals surface area contributed by atoms with Crippen LogP contribution >= 0.6 is 11.6 Å². The third-order valence-electron chi connectivity index (χ3n) is 3.99. The summed E-state index contributed by atoms with van der Waals surface area (Å²) in [5.41, 5.74) is -0.768. The monoisotopic (exact) mass is 454 g/mol. The number of aromatic nitrogens is 2. The summed E-state index contributed by atoms with van der Waals surface area (Å²) in [6, 6.07) is 9.19. The summed E-state index contributed by atoms with van der Waals surface area (Å²) in [5, 5.41) is 17.4. The van der Waals surface area contributed by atoms with Crippen molar-refractivity contribution in [1.82, 2.24) is 9.78 Å². The lowest BCUT2D eigenvalue weighted by Crippen LogP contribution is -2.20. The lowest BCUT2D eigenvalue weighted by molar-refractivity contribution is -0.384. The van der Waals surface area contributed by atoms with Gasteiger partial charge in [-0.2, -0.15) is 18.3 Å². The number of anilines is 1. The van der Waals surface area contributed by atoms with Gasteiger partial charge in [-0.3, -0.25) is 19.6 Å². The van der Waals surface area contributed by atoms with Gasteiger partial charge in [-0.15, -0.1) is 0 Å². The lowest BCUT2D eigenvalue weighted by Gasteiger charge is -2.11. The van der Waals surface area contributed by atoms with Crippen molar-refractivity contribution < 1.29 is 27.6 Å². The number of ether oxygens (including phenoxy) is 1. The van der Waals surface area contributed by atoms with Gasteiger partial charge in [0.2, 0.25) is 5.91 Å². The van der Waals surface area contributed by atoms with Crippen molar-refractivity contribution in [3.63, 3.8) is 0 Å². The van der Waals surface area contributed by atoms with E-state index in [1.165, 1.54) is 12.1 Å². The number of nitrogens with zero attached hydrogens (tertiary/aromatic N) is 3. The molecular weight excluding hydrogens is 441 g/mol. The Morgan fingerprint density at radius 1 is 1.26 bits per heavy atom. The molecule has 8 nitrogen and oxygen atoms in total. The molecule has 162 valence electrons. The molecule has 0 saturated carbocycles. The van der Waals surface area contributed by atoms with Crippen molar-refractivity contribution in [2.24, 2.45) is 0 Å². The summed E-state index contributed by atoms with van der Waals surface area (Å²) in [5.74, 6) is -0.252. The van der Waals surface area contributed by atoms with Crippen LogP contribution in [-0.2, 0) is 17.5 Å². The molecule has 2 aromatic carbocycles. The normalized spacial score (nSPS) is 11.3. The minimum absolute atomic E-state index is 0.0315. The van der Waals surface area contributed by atoms with E-state index in [9.17, 15) is 28.1 Å². The molecule has 3 rings (SSSR count). The van der Waals surface area contributed by atoms with Crippen LogP contribution in [-0.4, -0.2) is 20.6 Å². The Morgan fingerprint density at radius 3 is 2.61 bits per heavy atom. The smallest absolute Gasteiger partial charge is 0.435 e. The molecule has 0 aliphatic heterocycles. The molecule has 0 atom stereocenters. The minimum atomic E-state index is -4.63. The lowest BCUT2D eigenvalue weighted by atomic mass is 10.2. The highest BCUT2D eigenvalue weighted by atomic mass is 35.5. The Kier molecular flexibility index (Phi) is 6.16. The molecule has 0 radical (unpaired) electrons. The number of aryl methyl sites for hydroxylation is 1. The number of alkyl halides is 3. The number of carbonyl (C=O) groups excluding carboxylic acids is 1. The fraction of sp³-hybridized carbons (Fsp3) is 0.158. The molecule has 12 heteroatoms. The molecule has 3 aromatic rings. The van der Waals surface area contributed by atoms with Crippen LogP contribution in [0.3, 0.4) is 0 Å². The number of carbonyl (C=O) groups is 1. The van der Waals surface area contributed by atoms with Crippen LogP contribution in [0.5, 0.6) is 11.5 Å². The molecule has 1 N–H and O–H groups in total. The quantitative estimate of drug-likeness (QED) is 0.407. The van der Waals surface area contributed by atoms with Gasteiger partial charge in [0.15, 0.2) is 5.69 Å². The van der Waals surface area contributed by atoms with Crippen molar-refractivity contribution in [2.45, 2.75) is 19.6 Å². The number of nitrogens with one attached hydrogen (secondary N) is 1. The zero-order valence-corrected chi connectivity index (χ0v) is 16.6. The Labute approximate surface area is 178 Å². The fourth-order valence-corrected chi connectivity index (χ4v) is 2.85. The number of nitro benzene ring substituents is 1. The second kappa shape index (κ2) is 8.64. The first-order valence-corrected chi connectivity index (χ1v) is 9.03. The molecule has 0 aliphatic carbocycles. The van der Waals surface area contributed by atoms with E-state index in [2.05, 4.69) is 10.4 Å². The van der Waals surface area contributed by atoms with Crippen molar-refractivity contribution in [3.8, 4) is 11.5 Å². The van der Waals surface area contributed by atoms with Crippen LogP contribution < -0.4 is 10.1 Å². The zero-order chi connectivity index (χ0) is 22.8. The summed E-state index contributed by atoms with van der Waals surface area (Å²) in [6.45, 7) is 1.21. The first-order valence-electron chi connectivity index (χ1n) is 8.65. The molecule has 1 aromatic heterocycles. The van der Waals surface area contributed by atoms with E-state index in [-0.39, 0.29) is 17.1 Å². The summed E-state index contributed by atoms with van der Waals surface area (Å²) in [6.07, 6.45) is -3.62. The SMILES string of the molecule is Cc1cc(Cl)ccc1Oc1cc(NC(=O)Cn2ccc(C(F)(F)F)n2)cc([N+](=O)[O-])c1. The molecule has 0 aliphatic rings. The largest absolute Gasteiger partial charge is 0.457 e. The van der Waals surface area contributed by atoms with Crippen LogP contribution in [0, 0.1) is 17.0 Å². The van der Waals surface area contributed by atoms with Gasteiger partial charge in [-0.05, 0) is 36.8 Å². The van der Waals surface area contributed by atoms with Crippen molar-refractivity contribution in [1.29, 1.82) is 0 Å². The molecule has 0 bridgehead atoms. The predicted molar refractivity (Wildman–Crippen MR) is 105 cm³/mol. The average molecular weight is 455 g/mol. The van der Waals surface area contributed by atoms with Crippen molar-refractivity contribution >= 4 is 28.9 Å². The van der Waals surface area contributed by atoms with E-state index < -0.39 is 29.2 Å². The number of amides is 1. The van der Waals surface area contributed by atoms with Gasteiger partial charge in [0.05, 0.1) is 16.7 Å². The Hall–Kier alpha value is -3.60. The molecule has 31 heavy (non-hydrogen) atoms. The standard InChI is InChI=1S/C19H14ClF3N4O4/c1-11-6-12(20)2-3-16(11)31-15-8-13(7-14(9-15)27(29)30)24-18(28)10-26-5-4-17(25-26)19(21,22)23/h2-9H,10H2,1H3,(H,24,28). The number of rotatable bonds is 6. The van der Waals surface area contributed by atoms with Gasteiger partial charge < -0.3 is 10.1 Å². The zero-order valence-electron chi connectivity index (χ0n) is 15.8. The van der Waals surface area contributed by atoms with Crippen LogP contribution in [0.4, 0.5) is 24.5 Å². The maximum absolute atomic E-state index is 12.6. The van der Waals surface area contributed by atoms with Crippen LogP contribution in [0.1, 0.15) is 11.3 Å². The van der Waals surface area contributed by atoms with Crippen LogP contribution in [0.2, 0.25) is 5.02 Å². The summed E-state index contributed by atoms with van der Waals surface area (Å²) < 4.78 is 44.3. The molecular formula is C19H14ClF3N4O4. The van der Waals surface area contributed by atoms with Gasteiger partial charge in [0.25, 0.3) is 5.69 Å².